The number of hydrazone groups is 1. The summed E-state index contributed by atoms with van der Waals surface area (Å²) in [6.45, 7) is 2.46. The van der Waals surface area contributed by atoms with Gasteiger partial charge in [0.1, 0.15) is 6.61 Å². The van der Waals surface area contributed by atoms with Crippen LogP contribution in [0.2, 0.25) is 5.02 Å². The van der Waals surface area contributed by atoms with Gasteiger partial charge in [-0.3, -0.25) is 4.79 Å². The summed E-state index contributed by atoms with van der Waals surface area (Å²) < 4.78 is 51.5. The van der Waals surface area contributed by atoms with E-state index < -0.39 is 23.2 Å². The Kier molecular flexibility index (Phi) is 8.57. The highest BCUT2D eigenvalue weighted by Crippen LogP contribution is 2.37. The molecule has 10 heteroatoms. The van der Waals surface area contributed by atoms with E-state index >= 15 is 0 Å². The number of halogens is 5. The number of rotatable bonds is 8. The lowest BCUT2D eigenvalue weighted by Crippen LogP contribution is -2.22. The van der Waals surface area contributed by atoms with Crippen molar-refractivity contribution < 1.29 is 27.4 Å². The van der Waals surface area contributed by atoms with Gasteiger partial charge in [-0.1, -0.05) is 35.9 Å². The number of carbonyl (C=O) groups is 1. The number of nitrogens with one attached hydrogen (secondary N) is 1. The van der Waals surface area contributed by atoms with E-state index in [2.05, 4.69) is 26.5 Å². The van der Waals surface area contributed by atoms with Gasteiger partial charge >= 0.3 is 6.18 Å². The Morgan fingerprint density at radius 1 is 1.12 bits per heavy atom. The summed E-state index contributed by atoms with van der Waals surface area (Å²) in [5, 5.41) is 4.42. The molecule has 0 aromatic heterocycles. The molecule has 178 valence electrons. The first-order valence-electron chi connectivity index (χ1n) is 10.0. The molecule has 0 saturated heterocycles. The zero-order chi connectivity index (χ0) is 24.7. The highest BCUT2D eigenvalue weighted by atomic mass is 79.9. The summed E-state index contributed by atoms with van der Waals surface area (Å²) in [7, 11) is 0. The molecule has 1 amide bonds. The third-order valence-corrected chi connectivity index (χ3v) is 5.33. The molecule has 0 saturated carbocycles. The fourth-order valence-electron chi connectivity index (χ4n) is 2.96. The summed E-state index contributed by atoms with van der Waals surface area (Å²) in [5.41, 5.74) is 2.01. The number of amides is 1. The average molecular weight is 556 g/mol. The molecule has 0 spiro atoms. The largest absolute Gasteiger partial charge is 0.490 e. The van der Waals surface area contributed by atoms with Gasteiger partial charge in [0.15, 0.2) is 11.5 Å². The predicted octanol–water partition coefficient (Wildman–Crippen LogP) is 6.86. The van der Waals surface area contributed by atoms with E-state index in [0.717, 1.165) is 17.7 Å². The van der Waals surface area contributed by atoms with Crippen LogP contribution in [0.3, 0.4) is 0 Å². The van der Waals surface area contributed by atoms with Crippen LogP contribution >= 0.6 is 27.5 Å². The van der Waals surface area contributed by atoms with Gasteiger partial charge in [0.05, 0.1) is 28.4 Å². The van der Waals surface area contributed by atoms with Crippen molar-refractivity contribution in [3.05, 3.63) is 92.4 Å². The minimum Gasteiger partial charge on any atom is -0.490 e. The van der Waals surface area contributed by atoms with E-state index in [1.165, 1.54) is 18.3 Å². The first-order valence-corrected chi connectivity index (χ1v) is 11.2. The molecule has 34 heavy (non-hydrogen) atoms. The predicted molar refractivity (Wildman–Crippen MR) is 128 cm³/mol. The van der Waals surface area contributed by atoms with Gasteiger partial charge < -0.3 is 9.47 Å². The molecule has 0 aliphatic heterocycles. The molecule has 0 atom stereocenters. The molecule has 0 unspecified atom stereocenters. The maximum absolute atomic E-state index is 13.1. The Bertz CT molecular complexity index is 1190. The fraction of sp³-hybridized carbons (Fsp3) is 0.167. The highest BCUT2D eigenvalue weighted by molar-refractivity contribution is 9.10. The fourth-order valence-corrected chi connectivity index (χ4v) is 3.66. The smallest absolute Gasteiger partial charge is 0.417 e. The van der Waals surface area contributed by atoms with Crippen LogP contribution in [0.1, 0.15) is 34.0 Å². The molecule has 3 aromatic carbocycles. The van der Waals surface area contributed by atoms with Crippen LogP contribution in [0, 0.1) is 0 Å². The maximum atomic E-state index is 13.1. The van der Waals surface area contributed by atoms with Crippen LogP contribution in [0.25, 0.3) is 0 Å². The van der Waals surface area contributed by atoms with Crippen molar-refractivity contribution in [2.75, 3.05) is 6.61 Å². The molecule has 1 N–H and O–H groups in total. The van der Waals surface area contributed by atoms with Crippen molar-refractivity contribution in [1.82, 2.24) is 5.43 Å². The molecule has 0 radical (unpaired) electrons. The number of hydrogen-bond acceptors (Lipinski definition) is 4. The summed E-state index contributed by atoms with van der Waals surface area (Å²) >= 11 is 9.35. The van der Waals surface area contributed by atoms with Crippen molar-refractivity contribution in [2.45, 2.75) is 19.7 Å². The van der Waals surface area contributed by atoms with Crippen molar-refractivity contribution in [3.63, 3.8) is 0 Å². The summed E-state index contributed by atoms with van der Waals surface area (Å²) in [4.78, 5) is 12.2. The van der Waals surface area contributed by atoms with E-state index in [1.54, 1.807) is 24.3 Å². The molecular formula is C24H19BrClF3N2O3. The number of hydrogen-bond donors (Lipinski definition) is 1. The van der Waals surface area contributed by atoms with Crippen LogP contribution in [-0.4, -0.2) is 18.7 Å². The lowest BCUT2D eigenvalue weighted by molar-refractivity contribution is -0.137. The number of alkyl halides is 3. The quantitative estimate of drug-likeness (QED) is 0.244. The zero-order valence-corrected chi connectivity index (χ0v) is 20.2. The van der Waals surface area contributed by atoms with Crippen molar-refractivity contribution in [2.24, 2.45) is 5.10 Å². The van der Waals surface area contributed by atoms with E-state index in [1.807, 2.05) is 19.1 Å². The topological polar surface area (TPSA) is 59.9 Å². The highest BCUT2D eigenvalue weighted by Gasteiger charge is 2.34. The minimum absolute atomic E-state index is 0.276. The monoisotopic (exact) mass is 554 g/mol. The van der Waals surface area contributed by atoms with E-state index in [4.69, 9.17) is 21.1 Å². The standard InChI is InChI=1S/C24H19BrClF3N2O3/c1-2-33-21-12-16(11-20(25)22(21)34-14-15-7-9-17(26)10-8-15)13-30-31-23(32)18-5-3-4-6-19(18)24(27,28)29/h3-13H,2,14H2,1H3,(H,31,32)/b30-13+. The van der Waals surface area contributed by atoms with Crippen LogP contribution < -0.4 is 14.9 Å². The third-order valence-electron chi connectivity index (χ3n) is 4.48. The first-order chi connectivity index (χ1) is 16.2. The average Bonchev–Trinajstić information content (AvgIpc) is 2.79. The Hall–Kier alpha value is -3.04. The van der Waals surface area contributed by atoms with Gasteiger partial charge in [0.2, 0.25) is 0 Å². The summed E-state index contributed by atoms with van der Waals surface area (Å²) in [6.07, 6.45) is -3.36. The van der Waals surface area contributed by atoms with Gasteiger partial charge in [-0.2, -0.15) is 18.3 Å². The minimum atomic E-state index is -4.66. The summed E-state index contributed by atoms with van der Waals surface area (Å²) in [5.74, 6) is -0.0747. The van der Waals surface area contributed by atoms with Gasteiger partial charge in [0.25, 0.3) is 5.91 Å². The number of benzene rings is 3. The Labute approximate surface area is 207 Å². The normalized spacial score (nSPS) is 11.5. The molecule has 5 nitrogen and oxygen atoms in total. The molecule has 0 fully saturated rings. The van der Waals surface area contributed by atoms with Gasteiger partial charge in [-0.05, 0) is 70.4 Å². The second-order valence-electron chi connectivity index (χ2n) is 6.92. The Morgan fingerprint density at radius 2 is 1.82 bits per heavy atom. The molecule has 0 bridgehead atoms. The second-order valence-corrected chi connectivity index (χ2v) is 8.21. The lowest BCUT2D eigenvalue weighted by Gasteiger charge is -2.15. The summed E-state index contributed by atoms with van der Waals surface area (Å²) in [6, 6.07) is 15.0. The number of nitrogens with zero attached hydrogens (tertiary/aromatic N) is 1. The van der Waals surface area contributed by atoms with E-state index in [9.17, 15) is 18.0 Å². The molecule has 0 heterocycles. The Balaban J connectivity index is 1.75. The van der Waals surface area contributed by atoms with Crippen molar-refractivity contribution in [1.29, 1.82) is 0 Å². The Morgan fingerprint density at radius 3 is 2.50 bits per heavy atom. The van der Waals surface area contributed by atoms with Gasteiger partial charge in [0, 0.05) is 5.02 Å². The number of ether oxygens (including phenoxy) is 2. The van der Waals surface area contributed by atoms with Gasteiger partial charge in [-0.25, -0.2) is 5.43 Å². The van der Waals surface area contributed by atoms with Crippen LogP contribution in [0.15, 0.2) is 70.2 Å². The van der Waals surface area contributed by atoms with E-state index in [0.29, 0.717) is 33.2 Å². The van der Waals surface area contributed by atoms with Crippen LogP contribution in [0.5, 0.6) is 11.5 Å². The van der Waals surface area contributed by atoms with E-state index in [-0.39, 0.29) is 6.61 Å². The molecule has 3 rings (SSSR count). The molecular weight excluding hydrogens is 537 g/mol. The third kappa shape index (κ3) is 6.74. The lowest BCUT2D eigenvalue weighted by atomic mass is 10.1. The molecule has 0 aliphatic rings. The maximum Gasteiger partial charge on any atom is 0.417 e. The zero-order valence-electron chi connectivity index (χ0n) is 17.8. The van der Waals surface area contributed by atoms with Crippen molar-refractivity contribution >= 4 is 39.7 Å². The second kappa shape index (κ2) is 11.4. The number of carbonyl (C=O) groups excluding carboxylic acids is 1. The molecule has 0 aliphatic carbocycles. The SMILES string of the molecule is CCOc1cc(/C=N/NC(=O)c2ccccc2C(F)(F)F)cc(Br)c1OCc1ccc(Cl)cc1. The van der Waals surface area contributed by atoms with Gasteiger partial charge in [-0.15, -0.1) is 0 Å². The van der Waals surface area contributed by atoms with Crippen LogP contribution in [0.4, 0.5) is 13.2 Å². The molecule has 3 aromatic rings. The first kappa shape index (κ1) is 25.6. The van der Waals surface area contributed by atoms with Crippen LogP contribution in [-0.2, 0) is 12.8 Å². The van der Waals surface area contributed by atoms with Crippen molar-refractivity contribution in [3.8, 4) is 11.5 Å².